The van der Waals surface area contributed by atoms with Gasteiger partial charge in [-0.25, -0.2) is 0 Å². The Kier molecular flexibility index (Phi) is 2.21. The average Bonchev–Trinajstić information content (AvgIpc) is 2.71. The molecule has 0 saturated heterocycles. The van der Waals surface area contributed by atoms with Crippen LogP contribution in [-0.2, 0) is 0 Å². The molecule has 68 valence electrons. The molecule has 0 unspecified atom stereocenters. The summed E-state index contributed by atoms with van der Waals surface area (Å²) in [6.07, 6.45) is 3.20. The zero-order valence-corrected chi connectivity index (χ0v) is 7.71. The van der Waals surface area contributed by atoms with Gasteiger partial charge in [-0.15, -0.1) is 0 Å². The van der Waals surface area contributed by atoms with Gasteiger partial charge in [-0.3, -0.25) is 0 Å². The third-order valence-electron chi connectivity index (χ3n) is 2.28. The lowest BCUT2D eigenvalue weighted by Crippen LogP contribution is -1.96. The Bertz CT molecular complexity index is 313. The lowest BCUT2D eigenvalue weighted by atomic mass is 10.1. The number of hydrogen-bond acceptors (Lipinski definition) is 2. The Balaban J connectivity index is 2.22. The fourth-order valence-electron chi connectivity index (χ4n) is 1.51. The minimum atomic E-state index is 0.912. The van der Waals surface area contributed by atoms with Gasteiger partial charge in [0.15, 0.2) is 0 Å². The maximum Gasteiger partial charge on any atom is 0.118 e. The Morgan fingerprint density at radius 2 is 2.00 bits per heavy atom. The summed E-state index contributed by atoms with van der Waals surface area (Å²) in [4.78, 5) is 0. The van der Waals surface area contributed by atoms with Crippen molar-refractivity contribution in [3.05, 3.63) is 36.0 Å². The van der Waals surface area contributed by atoms with Crippen molar-refractivity contribution >= 4 is 5.57 Å². The third-order valence-corrected chi connectivity index (χ3v) is 2.28. The van der Waals surface area contributed by atoms with Gasteiger partial charge in [-0.1, -0.05) is 12.1 Å². The highest BCUT2D eigenvalue weighted by Crippen LogP contribution is 2.22. The molecule has 13 heavy (non-hydrogen) atoms. The second-order valence-electron chi connectivity index (χ2n) is 3.10. The van der Waals surface area contributed by atoms with E-state index in [2.05, 4.69) is 23.6 Å². The lowest BCUT2D eigenvalue weighted by Gasteiger charge is -2.02. The zero-order valence-electron chi connectivity index (χ0n) is 7.71. The van der Waals surface area contributed by atoms with E-state index in [1.165, 1.54) is 11.1 Å². The SMILES string of the molecule is COc1ccc(C2=CNCC2)cc1. The molecule has 0 atom stereocenters. The van der Waals surface area contributed by atoms with Gasteiger partial charge in [0.25, 0.3) is 0 Å². The van der Waals surface area contributed by atoms with E-state index < -0.39 is 0 Å². The molecule has 0 saturated carbocycles. The van der Waals surface area contributed by atoms with Crippen LogP contribution in [0.15, 0.2) is 30.5 Å². The van der Waals surface area contributed by atoms with Crippen LogP contribution in [0.25, 0.3) is 5.57 Å². The Morgan fingerprint density at radius 3 is 2.54 bits per heavy atom. The van der Waals surface area contributed by atoms with E-state index in [-0.39, 0.29) is 0 Å². The summed E-state index contributed by atoms with van der Waals surface area (Å²) in [5.74, 6) is 0.912. The highest BCUT2D eigenvalue weighted by molar-refractivity contribution is 5.67. The molecule has 1 aromatic carbocycles. The van der Waals surface area contributed by atoms with E-state index in [0.717, 1.165) is 18.7 Å². The molecule has 2 rings (SSSR count). The van der Waals surface area contributed by atoms with E-state index >= 15 is 0 Å². The van der Waals surface area contributed by atoms with Gasteiger partial charge in [0.1, 0.15) is 5.75 Å². The molecule has 1 aliphatic heterocycles. The molecule has 0 bridgehead atoms. The molecule has 0 radical (unpaired) electrons. The minimum absolute atomic E-state index is 0.912. The first-order chi connectivity index (χ1) is 6.40. The van der Waals surface area contributed by atoms with Crippen molar-refractivity contribution in [3.63, 3.8) is 0 Å². The monoisotopic (exact) mass is 175 g/mol. The van der Waals surface area contributed by atoms with Crippen molar-refractivity contribution in [2.24, 2.45) is 0 Å². The molecule has 2 heteroatoms. The molecule has 1 aromatic rings. The Labute approximate surface area is 78.2 Å². The Morgan fingerprint density at radius 1 is 1.23 bits per heavy atom. The van der Waals surface area contributed by atoms with E-state index in [0.29, 0.717) is 0 Å². The van der Waals surface area contributed by atoms with Crippen LogP contribution in [0.2, 0.25) is 0 Å². The van der Waals surface area contributed by atoms with Gasteiger partial charge in [0, 0.05) is 12.7 Å². The van der Waals surface area contributed by atoms with E-state index in [1.54, 1.807) is 7.11 Å². The van der Waals surface area contributed by atoms with Crippen molar-refractivity contribution in [2.45, 2.75) is 6.42 Å². The van der Waals surface area contributed by atoms with Crippen molar-refractivity contribution in [2.75, 3.05) is 13.7 Å². The molecule has 1 N–H and O–H groups in total. The number of hydrogen-bond donors (Lipinski definition) is 1. The fraction of sp³-hybridized carbons (Fsp3) is 0.273. The van der Waals surface area contributed by atoms with Crippen LogP contribution in [0.1, 0.15) is 12.0 Å². The van der Waals surface area contributed by atoms with E-state index in [1.807, 2.05) is 12.1 Å². The van der Waals surface area contributed by atoms with Crippen molar-refractivity contribution < 1.29 is 4.74 Å². The summed E-state index contributed by atoms with van der Waals surface area (Å²) in [7, 11) is 1.69. The van der Waals surface area contributed by atoms with Gasteiger partial charge < -0.3 is 10.1 Å². The molecular formula is C11H13NO. The first-order valence-electron chi connectivity index (χ1n) is 4.47. The molecule has 0 amide bonds. The van der Waals surface area contributed by atoms with E-state index in [4.69, 9.17) is 4.74 Å². The quantitative estimate of drug-likeness (QED) is 0.742. The van der Waals surface area contributed by atoms with Crippen LogP contribution in [0.5, 0.6) is 5.75 Å². The Hall–Kier alpha value is -1.44. The highest BCUT2D eigenvalue weighted by Gasteiger charge is 2.05. The zero-order chi connectivity index (χ0) is 9.10. The highest BCUT2D eigenvalue weighted by atomic mass is 16.5. The van der Waals surface area contributed by atoms with Crippen molar-refractivity contribution in [3.8, 4) is 5.75 Å². The van der Waals surface area contributed by atoms with Gasteiger partial charge in [0.2, 0.25) is 0 Å². The van der Waals surface area contributed by atoms with Crippen LogP contribution >= 0.6 is 0 Å². The fourth-order valence-corrected chi connectivity index (χ4v) is 1.51. The molecule has 0 spiro atoms. The van der Waals surface area contributed by atoms with Crippen molar-refractivity contribution in [1.29, 1.82) is 0 Å². The third kappa shape index (κ3) is 1.66. The predicted molar refractivity (Wildman–Crippen MR) is 53.6 cm³/mol. The maximum absolute atomic E-state index is 5.10. The normalized spacial score (nSPS) is 15.0. The summed E-state index contributed by atoms with van der Waals surface area (Å²) < 4.78 is 5.10. The summed E-state index contributed by atoms with van der Waals surface area (Å²) >= 11 is 0. The number of ether oxygens (including phenoxy) is 1. The van der Waals surface area contributed by atoms with Crippen molar-refractivity contribution in [1.82, 2.24) is 5.32 Å². The number of methoxy groups -OCH3 is 1. The predicted octanol–water partition coefficient (Wildman–Crippen LogP) is 2.03. The lowest BCUT2D eigenvalue weighted by molar-refractivity contribution is 0.415. The summed E-state index contributed by atoms with van der Waals surface area (Å²) in [5, 5.41) is 3.21. The van der Waals surface area contributed by atoms with Gasteiger partial charge in [-0.05, 0) is 29.7 Å². The molecular weight excluding hydrogens is 162 g/mol. The van der Waals surface area contributed by atoms with Gasteiger partial charge in [0.05, 0.1) is 7.11 Å². The second-order valence-corrected chi connectivity index (χ2v) is 3.10. The average molecular weight is 175 g/mol. The number of benzene rings is 1. The number of nitrogens with one attached hydrogen (secondary N) is 1. The smallest absolute Gasteiger partial charge is 0.118 e. The molecule has 0 aliphatic carbocycles. The van der Waals surface area contributed by atoms with E-state index in [9.17, 15) is 0 Å². The molecule has 1 heterocycles. The van der Waals surface area contributed by atoms with Gasteiger partial charge >= 0.3 is 0 Å². The topological polar surface area (TPSA) is 21.3 Å². The number of rotatable bonds is 2. The first-order valence-corrected chi connectivity index (χ1v) is 4.47. The molecule has 2 nitrogen and oxygen atoms in total. The largest absolute Gasteiger partial charge is 0.497 e. The van der Waals surface area contributed by atoms with Crippen LogP contribution in [-0.4, -0.2) is 13.7 Å². The van der Waals surface area contributed by atoms with Gasteiger partial charge in [-0.2, -0.15) is 0 Å². The minimum Gasteiger partial charge on any atom is -0.497 e. The second kappa shape index (κ2) is 3.52. The summed E-state index contributed by atoms with van der Waals surface area (Å²) in [5.41, 5.74) is 2.66. The molecule has 0 fully saturated rings. The summed E-state index contributed by atoms with van der Waals surface area (Å²) in [6, 6.07) is 8.18. The first kappa shape index (κ1) is 8.17. The molecule has 0 aromatic heterocycles. The maximum atomic E-state index is 5.10. The van der Waals surface area contributed by atoms with Crippen LogP contribution in [0.3, 0.4) is 0 Å². The van der Waals surface area contributed by atoms with Crippen LogP contribution < -0.4 is 10.1 Å². The van der Waals surface area contributed by atoms with Crippen LogP contribution in [0.4, 0.5) is 0 Å². The summed E-state index contributed by atoms with van der Waals surface area (Å²) in [6.45, 7) is 1.06. The molecule has 1 aliphatic rings. The van der Waals surface area contributed by atoms with Crippen LogP contribution in [0, 0.1) is 0 Å². The standard InChI is InChI=1S/C11H13NO/c1-13-11-4-2-9(3-5-11)10-6-7-12-8-10/h2-5,8,12H,6-7H2,1H3.